The third-order valence-corrected chi connectivity index (χ3v) is 4.00. The Balaban J connectivity index is 1.69. The van der Waals surface area contributed by atoms with Crippen molar-refractivity contribution >= 4 is 16.9 Å². The van der Waals surface area contributed by atoms with E-state index in [2.05, 4.69) is 20.6 Å². The molecule has 1 aliphatic rings. The first-order valence-corrected chi connectivity index (χ1v) is 7.65. The number of hydrogen-bond donors (Lipinski definition) is 1. The van der Waals surface area contributed by atoms with Crippen molar-refractivity contribution in [1.29, 1.82) is 0 Å². The topological polar surface area (TPSA) is 64.3 Å². The summed E-state index contributed by atoms with van der Waals surface area (Å²) in [6, 6.07) is 7.05. The molecular weight excluding hydrogens is 309 g/mol. The predicted octanol–water partition coefficient (Wildman–Crippen LogP) is 2.83. The zero-order chi connectivity index (χ0) is 16.7. The van der Waals surface area contributed by atoms with E-state index in [0.29, 0.717) is 18.0 Å². The smallest absolute Gasteiger partial charge is 0.205 e. The Morgan fingerprint density at radius 3 is 2.83 bits per heavy atom. The van der Waals surface area contributed by atoms with E-state index in [1.807, 2.05) is 16.8 Å². The standard InChI is InChI=1S/C17H16FN5O/c1-10-5-12(3-4-14(10)18)13-6-16-15(19-7-13)8-20-23(16)9-17-22-21-11(2)24-17/h3-8,17,22H,9H2,1-2H3. The lowest BCUT2D eigenvalue weighted by atomic mass is 10.0. The highest BCUT2D eigenvalue weighted by atomic mass is 19.1. The van der Waals surface area contributed by atoms with E-state index >= 15 is 0 Å². The van der Waals surface area contributed by atoms with Crippen LogP contribution in [-0.2, 0) is 11.3 Å². The number of hydrazone groups is 1. The van der Waals surface area contributed by atoms with Gasteiger partial charge in [0.1, 0.15) is 11.3 Å². The van der Waals surface area contributed by atoms with Gasteiger partial charge in [-0.15, -0.1) is 5.10 Å². The maximum absolute atomic E-state index is 13.5. The summed E-state index contributed by atoms with van der Waals surface area (Å²) in [4.78, 5) is 4.45. The third-order valence-electron chi connectivity index (χ3n) is 4.00. The number of fused-ring (bicyclic) bond motifs is 1. The number of rotatable bonds is 3. The molecule has 1 atom stereocenters. The van der Waals surface area contributed by atoms with E-state index in [9.17, 15) is 4.39 Å². The Bertz CT molecular complexity index is 949. The second kappa shape index (κ2) is 5.59. The van der Waals surface area contributed by atoms with Crippen LogP contribution < -0.4 is 5.43 Å². The molecule has 1 N–H and O–H groups in total. The fourth-order valence-corrected chi connectivity index (χ4v) is 2.74. The molecule has 2 aromatic heterocycles. The molecule has 3 heterocycles. The summed E-state index contributed by atoms with van der Waals surface area (Å²) >= 11 is 0. The zero-order valence-corrected chi connectivity index (χ0v) is 13.3. The molecule has 7 heteroatoms. The Hall–Kier alpha value is -2.96. The number of aromatic nitrogens is 3. The Morgan fingerprint density at radius 1 is 1.21 bits per heavy atom. The number of benzene rings is 1. The minimum Gasteiger partial charge on any atom is -0.453 e. The van der Waals surface area contributed by atoms with Crippen LogP contribution in [0.25, 0.3) is 22.2 Å². The van der Waals surface area contributed by atoms with Crippen molar-refractivity contribution in [2.24, 2.45) is 5.10 Å². The van der Waals surface area contributed by atoms with E-state index in [4.69, 9.17) is 4.74 Å². The fraction of sp³-hybridized carbons (Fsp3) is 0.235. The third kappa shape index (κ3) is 2.58. The van der Waals surface area contributed by atoms with Gasteiger partial charge in [0.25, 0.3) is 0 Å². The van der Waals surface area contributed by atoms with Crippen LogP contribution in [0.1, 0.15) is 12.5 Å². The Kier molecular flexibility index (Phi) is 3.41. The van der Waals surface area contributed by atoms with E-state index in [1.54, 1.807) is 32.3 Å². The molecule has 0 radical (unpaired) electrons. The van der Waals surface area contributed by atoms with Gasteiger partial charge in [-0.1, -0.05) is 6.07 Å². The minimum atomic E-state index is -0.246. The predicted molar refractivity (Wildman–Crippen MR) is 88.8 cm³/mol. The highest BCUT2D eigenvalue weighted by molar-refractivity contribution is 5.80. The molecule has 0 fully saturated rings. The molecule has 0 saturated carbocycles. The summed E-state index contributed by atoms with van der Waals surface area (Å²) in [5.41, 5.74) is 7.05. The molecule has 122 valence electrons. The van der Waals surface area contributed by atoms with Crippen LogP contribution in [0, 0.1) is 12.7 Å². The molecule has 1 aromatic carbocycles. The summed E-state index contributed by atoms with van der Waals surface area (Å²) in [7, 11) is 0. The highest BCUT2D eigenvalue weighted by Gasteiger charge is 2.18. The normalized spacial score (nSPS) is 16.8. The molecule has 0 spiro atoms. The molecule has 0 amide bonds. The van der Waals surface area contributed by atoms with Crippen LogP contribution in [0.4, 0.5) is 4.39 Å². The summed E-state index contributed by atoms with van der Waals surface area (Å²) in [5, 5.41) is 8.39. The van der Waals surface area contributed by atoms with Gasteiger partial charge in [0.15, 0.2) is 0 Å². The number of ether oxygens (including phenoxy) is 1. The molecule has 0 aliphatic carbocycles. The molecule has 6 nitrogen and oxygen atoms in total. The van der Waals surface area contributed by atoms with Gasteiger partial charge in [-0.05, 0) is 36.2 Å². The zero-order valence-electron chi connectivity index (χ0n) is 13.3. The van der Waals surface area contributed by atoms with Crippen molar-refractivity contribution in [1.82, 2.24) is 20.2 Å². The van der Waals surface area contributed by atoms with Crippen molar-refractivity contribution < 1.29 is 9.13 Å². The largest absolute Gasteiger partial charge is 0.453 e. The van der Waals surface area contributed by atoms with Crippen molar-refractivity contribution in [3.05, 3.63) is 48.0 Å². The molecule has 24 heavy (non-hydrogen) atoms. The van der Waals surface area contributed by atoms with Crippen LogP contribution in [0.3, 0.4) is 0 Å². The molecule has 0 saturated heterocycles. The average molecular weight is 325 g/mol. The van der Waals surface area contributed by atoms with Crippen LogP contribution in [0.15, 0.2) is 41.8 Å². The van der Waals surface area contributed by atoms with Crippen molar-refractivity contribution in [2.45, 2.75) is 26.6 Å². The van der Waals surface area contributed by atoms with Gasteiger partial charge in [-0.25, -0.2) is 4.39 Å². The van der Waals surface area contributed by atoms with Gasteiger partial charge < -0.3 is 4.74 Å². The van der Waals surface area contributed by atoms with E-state index in [-0.39, 0.29) is 12.0 Å². The molecule has 4 rings (SSSR count). The average Bonchev–Trinajstić information content (AvgIpc) is 3.16. The SMILES string of the molecule is CC1=NNC(Cn2ncc3ncc(-c4ccc(F)c(C)c4)cc32)O1. The molecule has 3 aromatic rings. The van der Waals surface area contributed by atoms with Gasteiger partial charge in [-0.3, -0.25) is 15.1 Å². The first kappa shape index (κ1) is 14.6. The first-order chi connectivity index (χ1) is 11.6. The van der Waals surface area contributed by atoms with Gasteiger partial charge >= 0.3 is 0 Å². The van der Waals surface area contributed by atoms with E-state index in [1.165, 1.54) is 6.07 Å². The van der Waals surface area contributed by atoms with Crippen LogP contribution >= 0.6 is 0 Å². The molecule has 1 unspecified atom stereocenters. The lowest BCUT2D eigenvalue weighted by Gasteiger charge is -2.11. The maximum Gasteiger partial charge on any atom is 0.205 e. The van der Waals surface area contributed by atoms with Crippen molar-refractivity contribution in [3.8, 4) is 11.1 Å². The summed E-state index contributed by atoms with van der Waals surface area (Å²) in [6.07, 6.45) is 3.25. The second-order valence-electron chi connectivity index (χ2n) is 5.79. The van der Waals surface area contributed by atoms with Gasteiger partial charge in [0.2, 0.25) is 12.1 Å². The van der Waals surface area contributed by atoms with Crippen molar-refractivity contribution in [2.75, 3.05) is 0 Å². The quantitative estimate of drug-likeness (QED) is 0.804. The van der Waals surface area contributed by atoms with Gasteiger partial charge in [0.05, 0.1) is 18.3 Å². The Labute approximate surface area is 138 Å². The highest BCUT2D eigenvalue weighted by Crippen LogP contribution is 2.24. The van der Waals surface area contributed by atoms with Crippen LogP contribution in [-0.4, -0.2) is 26.9 Å². The summed E-state index contributed by atoms with van der Waals surface area (Å²) in [6.45, 7) is 4.06. The number of nitrogens with zero attached hydrogens (tertiary/aromatic N) is 4. The van der Waals surface area contributed by atoms with Crippen LogP contribution in [0.5, 0.6) is 0 Å². The van der Waals surface area contributed by atoms with E-state index in [0.717, 1.165) is 22.2 Å². The number of aryl methyl sites for hydroxylation is 1. The molecular formula is C17H16FN5O. The van der Waals surface area contributed by atoms with E-state index < -0.39 is 0 Å². The maximum atomic E-state index is 13.5. The van der Waals surface area contributed by atoms with Crippen LogP contribution in [0.2, 0.25) is 0 Å². The minimum absolute atomic E-state index is 0.211. The molecule has 0 bridgehead atoms. The lowest BCUT2D eigenvalue weighted by Crippen LogP contribution is -2.27. The monoisotopic (exact) mass is 325 g/mol. The fourth-order valence-electron chi connectivity index (χ4n) is 2.74. The first-order valence-electron chi connectivity index (χ1n) is 7.65. The van der Waals surface area contributed by atoms with Crippen molar-refractivity contribution in [3.63, 3.8) is 0 Å². The molecule has 1 aliphatic heterocycles. The number of halogens is 1. The number of hydrogen-bond acceptors (Lipinski definition) is 5. The second-order valence-corrected chi connectivity index (χ2v) is 5.79. The number of pyridine rings is 1. The number of nitrogens with one attached hydrogen (secondary N) is 1. The summed E-state index contributed by atoms with van der Waals surface area (Å²) < 4.78 is 20.9. The Morgan fingerprint density at radius 2 is 2.08 bits per heavy atom. The van der Waals surface area contributed by atoms with Gasteiger partial charge in [0, 0.05) is 18.7 Å². The van der Waals surface area contributed by atoms with Gasteiger partial charge in [-0.2, -0.15) is 5.10 Å². The summed E-state index contributed by atoms with van der Waals surface area (Å²) in [5.74, 6) is 0.398. The lowest BCUT2D eigenvalue weighted by molar-refractivity contribution is 0.161.